The maximum absolute atomic E-state index is 5.10. The molecule has 0 aliphatic rings. The van der Waals surface area contributed by atoms with Gasteiger partial charge in [-0.3, -0.25) is 5.43 Å². The number of thiophene rings is 1. The Labute approximate surface area is 109 Å². The van der Waals surface area contributed by atoms with Crippen molar-refractivity contribution in [2.75, 3.05) is 5.32 Å². The van der Waals surface area contributed by atoms with Gasteiger partial charge in [0.2, 0.25) is 0 Å². The quantitative estimate of drug-likeness (QED) is 0.506. The second kappa shape index (κ2) is 6.12. The summed E-state index contributed by atoms with van der Waals surface area (Å²) in [4.78, 5) is 1.08. The third-order valence-electron chi connectivity index (χ3n) is 1.93. The fourth-order valence-electron chi connectivity index (χ4n) is 1.20. The summed E-state index contributed by atoms with van der Waals surface area (Å²) < 4.78 is 0. The van der Waals surface area contributed by atoms with Crippen LogP contribution in [0.5, 0.6) is 0 Å². The zero-order chi connectivity index (χ0) is 11.9. The molecule has 0 atom stereocenters. The molecule has 0 aliphatic heterocycles. The standard InChI is InChI=1S/C12H11N3S2/c16-12(14-10-5-2-1-3-6-10)15-13-9-11-7-4-8-17-11/h1-9H,(H2,14,15,16)/b13-9-. The third kappa shape index (κ3) is 3.97. The SMILES string of the molecule is S=C(N/N=C\c1cccs1)Nc1ccccc1. The fraction of sp³-hybridized carbons (Fsp3) is 0. The van der Waals surface area contributed by atoms with Crippen molar-refractivity contribution in [3.63, 3.8) is 0 Å². The van der Waals surface area contributed by atoms with Gasteiger partial charge in [0.25, 0.3) is 0 Å². The number of benzene rings is 1. The number of anilines is 1. The van der Waals surface area contributed by atoms with Crippen LogP contribution in [0.2, 0.25) is 0 Å². The van der Waals surface area contributed by atoms with Crippen molar-refractivity contribution >= 4 is 40.6 Å². The van der Waals surface area contributed by atoms with Crippen LogP contribution < -0.4 is 10.7 Å². The van der Waals surface area contributed by atoms with E-state index in [1.807, 2.05) is 47.8 Å². The van der Waals surface area contributed by atoms with E-state index in [1.54, 1.807) is 17.6 Å². The molecule has 5 heteroatoms. The molecule has 0 spiro atoms. The van der Waals surface area contributed by atoms with Crippen molar-refractivity contribution in [1.82, 2.24) is 5.43 Å². The maximum Gasteiger partial charge on any atom is 0.191 e. The molecule has 3 nitrogen and oxygen atoms in total. The summed E-state index contributed by atoms with van der Waals surface area (Å²) >= 11 is 6.72. The molecule has 2 rings (SSSR count). The van der Waals surface area contributed by atoms with Crippen LogP contribution in [0.1, 0.15) is 4.88 Å². The Balaban J connectivity index is 1.82. The zero-order valence-electron chi connectivity index (χ0n) is 8.96. The van der Waals surface area contributed by atoms with Crippen LogP contribution in [0, 0.1) is 0 Å². The molecule has 0 unspecified atom stereocenters. The van der Waals surface area contributed by atoms with Gasteiger partial charge < -0.3 is 5.32 Å². The minimum absolute atomic E-state index is 0.476. The van der Waals surface area contributed by atoms with Crippen LogP contribution in [0.25, 0.3) is 0 Å². The second-order valence-electron chi connectivity index (χ2n) is 3.21. The molecule has 0 amide bonds. The average Bonchev–Trinajstić information content (AvgIpc) is 2.83. The lowest BCUT2D eigenvalue weighted by molar-refractivity contribution is 1.05. The minimum atomic E-state index is 0.476. The van der Waals surface area contributed by atoms with Gasteiger partial charge in [-0.2, -0.15) is 5.10 Å². The predicted octanol–water partition coefficient (Wildman–Crippen LogP) is 3.07. The highest BCUT2D eigenvalue weighted by molar-refractivity contribution is 7.80. The van der Waals surface area contributed by atoms with Gasteiger partial charge in [-0.15, -0.1) is 11.3 Å². The Morgan fingerprint density at radius 2 is 2.00 bits per heavy atom. The van der Waals surface area contributed by atoms with E-state index < -0.39 is 0 Å². The van der Waals surface area contributed by atoms with Crippen LogP contribution >= 0.6 is 23.6 Å². The number of thiocarbonyl (C=S) groups is 1. The van der Waals surface area contributed by atoms with Gasteiger partial charge in [-0.05, 0) is 35.8 Å². The van der Waals surface area contributed by atoms with Gasteiger partial charge in [-0.25, -0.2) is 0 Å². The van der Waals surface area contributed by atoms with Gasteiger partial charge in [0.05, 0.1) is 6.21 Å². The summed E-state index contributed by atoms with van der Waals surface area (Å²) in [5.41, 5.74) is 3.71. The molecule has 1 heterocycles. The van der Waals surface area contributed by atoms with E-state index in [-0.39, 0.29) is 0 Å². The average molecular weight is 261 g/mol. The van der Waals surface area contributed by atoms with Crippen molar-refractivity contribution in [1.29, 1.82) is 0 Å². The van der Waals surface area contributed by atoms with E-state index in [1.165, 1.54) is 0 Å². The summed E-state index contributed by atoms with van der Waals surface area (Å²) in [5.74, 6) is 0. The summed E-state index contributed by atoms with van der Waals surface area (Å²) in [6.07, 6.45) is 1.74. The van der Waals surface area contributed by atoms with Gasteiger partial charge in [0.1, 0.15) is 0 Å². The normalized spacial score (nSPS) is 10.4. The molecule has 86 valence electrons. The topological polar surface area (TPSA) is 36.4 Å². The van der Waals surface area contributed by atoms with Crippen molar-refractivity contribution < 1.29 is 0 Å². The molecule has 0 saturated carbocycles. The first-order valence-corrected chi connectivity index (χ1v) is 6.32. The summed E-state index contributed by atoms with van der Waals surface area (Å²) in [5, 5.41) is 9.55. The van der Waals surface area contributed by atoms with E-state index in [9.17, 15) is 0 Å². The first kappa shape index (κ1) is 11.8. The van der Waals surface area contributed by atoms with Crippen molar-refractivity contribution in [2.24, 2.45) is 5.10 Å². The molecule has 1 aromatic carbocycles. The number of hydrazone groups is 1. The molecule has 2 N–H and O–H groups in total. The molecule has 0 fully saturated rings. The molecule has 17 heavy (non-hydrogen) atoms. The summed E-state index contributed by atoms with van der Waals surface area (Å²) in [6.45, 7) is 0. The molecule has 0 aliphatic carbocycles. The van der Waals surface area contributed by atoms with E-state index in [0.717, 1.165) is 10.6 Å². The highest BCUT2D eigenvalue weighted by atomic mass is 32.1. The lowest BCUT2D eigenvalue weighted by Gasteiger charge is -2.05. The molecule has 0 saturated heterocycles. The lowest BCUT2D eigenvalue weighted by atomic mass is 10.3. The number of rotatable bonds is 3. The molecule has 0 bridgehead atoms. The lowest BCUT2D eigenvalue weighted by Crippen LogP contribution is -2.23. The molecule has 0 radical (unpaired) electrons. The van der Waals surface area contributed by atoms with Crippen LogP contribution in [-0.2, 0) is 0 Å². The van der Waals surface area contributed by atoms with Crippen LogP contribution in [0.15, 0.2) is 52.9 Å². The van der Waals surface area contributed by atoms with Gasteiger partial charge in [0, 0.05) is 10.6 Å². The molecular weight excluding hydrogens is 250 g/mol. The Morgan fingerprint density at radius 1 is 1.18 bits per heavy atom. The van der Waals surface area contributed by atoms with Crippen LogP contribution in [0.4, 0.5) is 5.69 Å². The van der Waals surface area contributed by atoms with Gasteiger partial charge >= 0.3 is 0 Å². The number of hydrogen-bond acceptors (Lipinski definition) is 3. The Hall–Kier alpha value is -1.72. The largest absolute Gasteiger partial charge is 0.331 e. The van der Waals surface area contributed by atoms with Gasteiger partial charge in [0.15, 0.2) is 5.11 Å². The molecular formula is C12H11N3S2. The minimum Gasteiger partial charge on any atom is -0.331 e. The van der Waals surface area contributed by atoms with Gasteiger partial charge in [-0.1, -0.05) is 24.3 Å². The van der Waals surface area contributed by atoms with Crippen LogP contribution in [-0.4, -0.2) is 11.3 Å². The van der Waals surface area contributed by atoms with Crippen molar-refractivity contribution in [3.8, 4) is 0 Å². The Bertz CT molecular complexity index is 492. The summed E-state index contributed by atoms with van der Waals surface area (Å²) in [7, 11) is 0. The number of nitrogens with zero attached hydrogens (tertiary/aromatic N) is 1. The van der Waals surface area contributed by atoms with E-state index in [2.05, 4.69) is 15.8 Å². The monoisotopic (exact) mass is 261 g/mol. The maximum atomic E-state index is 5.10. The highest BCUT2D eigenvalue weighted by Crippen LogP contribution is 2.05. The molecule has 2 aromatic rings. The summed E-state index contributed by atoms with van der Waals surface area (Å²) in [6, 6.07) is 13.7. The number of nitrogens with one attached hydrogen (secondary N) is 2. The Morgan fingerprint density at radius 3 is 2.71 bits per heavy atom. The smallest absolute Gasteiger partial charge is 0.191 e. The predicted molar refractivity (Wildman–Crippen MR) is 77.7 cm³/mol. The third-order valence-corrected chi connectivity index (χ3v) is 2.93. The van der Waals surface area contributed by atoms with Crippen LogP contribution in [0.3, 0.4) is 0 Å². The van der Waals surface area contributed by atoms with E-state index in [4.69, 9.17) is 12.2 Å². The van der Waals surface area contributed by atoms with E-state index in [0.29, 0.717) is 5.11 Å². The Kier molecular flexibility index (Phi) is 4.23. The molecule has 1 aromatic heterocycles. The fourth-order valence-corrected chi connectivity index (χ4v) is 1.96. The van der Waals surface area contributed by atoms with Crippen molar-refractivity contribution in [3.05, 3.63) is 52.7 Å². The first-order chi connectivity index (χ1) is 8.34. The number of hydrogen-bond donors (Lipinski definition) is 2. The van der Waals surface area contributed by atoms with E-state index >= 15 is 0 Å². The second-order valence-corrected chi connectivity index (χ2v) is 4.59. The van der Waals surface area contributed by atoms with Crippen molar-refractivity contribution in [2.45, 2.75) is 0 Å². The number of para-hydroxylation sites is 1. The first-order valence-electron chi connectivity index (χ1n) is 5.03. The highest BCUT2D eigenvalue weighted by Gasteiger charge is 1.94. The zero-order valence-corrected chi connectivity index (χ0v) is 10.6.